The SMILES string of the molecule is CC(C)(O)COC1=CN2N=CC(C#N)C2C(c2ccc(F)nc2)=C1. The van der Waals surface area contributed by atoms with E-state index in [0.29, 0.717) is 11.3 Å². The Kier molecular flexibility index (Phi) is 4.08. The molecule has 2 aliphatic heterocycles. The second-order valence-corrected chi connectivity index (χ2v) is 6.35. The zero-order valence-corrected chi connectivity index (χ0v) is 13.3. The third kappa shape index (κ3) is 3.29. The summed E-state index contributed by atoms with van der Waals surface area (Å²) in [5.74, 6) is -0.489. The van der Waals surface area contributed by atoms with Gasteiger partial charge in [-0.2, -0.15) is 14.8 Å². The first-order valence-corrected chi connectivity index (χ1v) is 7.50. The average molecular weight is 328 g/mol. The summed E-state index contributed by atoms with van der Waals surface area (Å²) in [6, 6.07) is 4.78. The number of rotatable bonds is 4. The van der Waals surface area contributed by atoms with Gasteiger partial charge in [0.15, 0.2) is 0 Å². The molecule has 2 aliphatic rings. The van der Waals surface area contributed by atoms with Crippen LogP contribution in [0.4, 0.5) is 4.39 Å². The van der Waals surface area contributed by atoms with Crippen molar-refractivity contribution in [3.8, 4) is 6.07 Å². The van der Waals surface area contributed by atoms with Crippen LogP contribution in [0.5, 0.6) is 0 Å². The van der Waals surface area contributed by atoms with E-state index in [1.54, 1.807) is 43.4 Å². The van der Waals surface area contributed by atoms with Crippen molar-refractivity contribution in [2.45, 2.75) is 25.5 Å². The summed E-state index contributed by atoms with van der Waals surface area (Å²) in [4.78, 5) is 3.68. The number of halogens is 1. The Morgan fingerprint density at radius 2 is 2.25 bits per heavy atom. The number of hydrogen-bond donors (Lipinski definition) is 1. The van der Waals surface area contributed by atoms with Crippen LogP contribution in [0.2, 0.25) is 0 Å². The molecule has 0 bridgehead atoms. The summed E-state index contributed by atoms with van der Waals surface area (Å²) in [5.41, 5.74) is 0.474. The van der Waals surface area contributed by atoms with Gasteiger partial charge >= 0.3 is 0 Å². The summed E-state index contributed by atoms with van der Waals surface area (Å²) < 4.78 is 18.8. The van der Waals surface area contributed by atoms with Crippen molar-refractivity contribution in [3.63, 3.8) is 0 Å². The van der Waals surface area contributed by atoms with Crippen LogP contribution in [0.3, 0.4) is 0 Å². The van der Waals surface area contributed by atoms with E-state index in [4.69, 9.17) is 4.74 Å². The molecule has 0 fully saturated rings. The lowest BCUT2D eigenvalue weighted by atomic mass is 9.89. The molecule has 124 valence electrons. The van der Waals surface area contributed by atoms with Gasteiger partial charge in [0, 0.05) is 12.4 Å². The normalized spacial score (nSPS) is 22.5. The minimum absolute atomic E-state index is 0.105. The molecule has 0 radical (unpaired) electrons. The molecule has 3 heterocycles. The van der Waals surface area contributed by atoms with Gasteiger partial charge in [-0.1, -0.05) is 0 Å². The summed E-state index contributed by atoms with van der Waals surface area (Å²) in [7, 11) is 0. The number of aromatic nitrogens is 1. The van der Waals surface area contributed by atoms with Crippen molar-refractivity contribution in [2.75, 3.05) is 6.61 Å². The number of aliphatic hydroxyl groups is 1. The average Bonchev–Trinajstić information content (AvgIpc) is 2.95. The van der Waals surface area contributed by atoms with Gasteiger partial charge in [0.1, 0.15) is 18.3 Å². The van der Waals surface area contributed by atoms with Gasteiger partial charge in [0.05, 0.1) is 23.9 Å². The molecule has 7 heteroatoms. The van der Waals surface area contributed by atoms with Gasteiger partial charge in [-0.25, -0.2) is 4.98 Å². The molecule has 0 aromatic carbocycles. The monoisotopic (exact) mass is 328 g/mol. The third-order valence-electron chi connectivity index (χ3n) is 3.66. The van der Waals surface area contributed by atoms with Crippen LogP contribution in [0, 0.1) is 23.2 Å². The molecule has 1 aromatic heterocycles. The highest BCUT2D eigenvalue weighted by Crippen LogP contribution is 2.35. The number of fused-ring (bicyclic) bond motifs is 1. The maximum atomic E-state index is 13.1. The maximum Gasteiger partial charge on any atom is 0.212 e. The van der Waals surface area contributed by atoms with Crippen molar-refractivity contribution < 1.29 is 14.2 Å². The van der Waals surface area contributed by atoms with Crippen LogP contribution in [-0.4, -0.2) is 39.6 Å². The van der Waals surface area contributed by atoms with Crippen LogP contribution in [-0.2, 0) is 4.74 Å². The third-order valence-corrected chi connectivity index (χ3v) is 3.66. The fraction of sp³-hybridized carbons (Fsp3) is 0.353. The smallest absolute Gasteiger partial charge is 0.212 e. The quantitative estimate of drug-likeness (QED) is 0.856. The fourth-order valence-corrected chi connectivity index (χ4v) is 2.57. The molecular weight excluding hydrogens is 311 g/mol. The minimum atomic E-state index is -0.980. The number of pyridine rings is 1. The number of nitriles is 1. The number of ether oxygens (including phenoxy) is 1. The Labute approximate surface area is 139 Å². The van der Waals surface area contributed by atoms with Crippen LogP contribution < -0.4 is 0 Å². The van der Waals surface area contributed by atoms with E-state index in [9.17, 15) is 14.8 Å². The molecule has 24 heavy (non-hydrogen) atoms. The zero-order valence-electron chi connectivity index (χ0n) is 13.3. The molecule has 0 saturated carbocycles. The van der Waals surface area contributed by atoms with Crippen LogP contribution >= 0.6 is 0 Å². The van der Waals surface area contributed by atoms with E-state index in [1.807, 2.05) is 0 Å². The van der Waals surface area contributed by atoms with E-state index >= 15 is 0 Å². The van der Waals surface area contributed by atoms with Gasteiger partial charge in [0.2, 0.25) is 5.95 Å². The molecule has 2 unspecified atom stereocenters. The van der Waals surface area contributed by atoms with Crippen LogP contribution in [0.1, 0.15) is 19.4 Å². The Morgan fingerprint density at radius 3 is 2.88 bits per heavy atom. The first-order valence-electron chi connectivity index (χ1n) is 7.50. The summed E-state index contributed by atoms with van der Waals surface area (Å²) in [5, 5.41) is 25.0. The largest absolute Gasteiger partial charge is 0.489 e. The highest BCUT2D eigenvalue weighted by atomic mass is 19.1. The summed E-state index contributed by atoms with van der Waals surface area (Å²) in [6.45, 7) is 3.40. The molecule has 2 atom stereocenters. The van der Waals surface area contributed by atoms with Gasteiger partial charge in [-0.3, -0.25) is 5.01 Å². The summed E-state index contributed by atoms with van der Waals surface area (Å²) in [6.07, 6.45) is 6.46. The number of hydrogen-bond acceptors (Lipinski definition) is 6. The van der Waals surface area contributed by atoms with Gasteiger partial charge in [-0.05, 0) is 43.2 Å². The first-order chi connectivity index (χ1) is 11.4. The van der Waals surface area contributed by atoms with Crippen molar-refractivity contribution in [1.29, 1.82) is 5.26 Å². The van der Waals surface area contributed by atoms with E-state index < -0.39 is 17.5 Å². The second-order valence-electron chi connectivity index (χ2n) is 6.35. The molecule has 0 saturated heterocycles. The number of nitrogens with zero attached hydrogens (tertiary/aromatic N) is 4. The molecular formula is C17H17FN4O2. The van der Waals surface area contributed by atoms with E-state index in [1.165, 1.54) is 12.3 Å². The van der Waals surface area contributed by atoms with Crippen molar-refractivity contribution in [1.82, 2.24) is 9.99 Å². The lowest BCUT2D eigenvalue weighted by Gasteiger charge is -2.30. The van der Waals surface area contributed by atoms with Crippen molar-refractivity contribution >= 4 is 11.8 Å². The van der Waals surface area contributed by atoms with Crippen LogP contribution in [0.25, 0.3) is 5.57 Å². The molecule has 0 spiro atoms. The van der Waals surface area contributed by atoms with Crippen molar-refractivity contribution in [2.24, 2.45) is 11.0 Å². The first kappa shape index (κ1) is 16.1. The van der Waals surface area contributed by atoms with Crippen molar-refractivity contribution in [3.05, 3.63) is 47.9 Å². The Morgan fingerprint density at radius 1 is 1.46 bits per heavy atom. The van der Waals surface area contributed by atoms with E-state index in [0.717, 1.165) is 5.57 Å². The lowest BCUT2D eigenvalue weighted by molar-refractivity contribution is 0.00432. The zero-order chi connectivity index (χ0) is 17.3. The molecule has 3 rings (SSSR count). The predicted molar refractivity (Wildman–Crippen MR) is 85.7 cm³/mol. The topological polar surface area (TPSA) is 81.7 Å². The maximum absolute atomic E-state index is 13.1. The lowest BCUT2D eigenvalue weighted by Crippen LogP contribution is -2.33. The minimum Gasteiger partial charge on any atom is -0.489 e. The Bertz CT molecular complexity index is 756. The van der Waals surface area contributed by atoms with Crippen LogP contribution in [0.15, 0.2) is 41.5 Å². The highest BCUT2D eigenvalue weighted by Gasteiger charge is 2.37. The fourth-order valence-electron chi connectivity index (χ4n) is 2.57. The number of allylic oxidation sites excluding steroid dienone is 1. The standard InChI is InChI=1S/C17H17FN4O2/c1-17(2,23)10-24-13-5-14(11-3-4-15(18)20-7-11)16-12(6-19)8-21-22(16)9-13/h3-5,7-9,12,16,23H,10H2,1-2H3. The van der Waals surface area contributed by atoms with Gasteiger partial charge in [0.25, 0.3) is 0 Å². The molecule has 6 nitrogen and oxygen atoms in total. The molecule has 1 N–H and O–H groups in total. The van der Waals surface area contributed by atoms with E-state index in [2.05, 4.69) is 16.2 Å². The second kappa shape index (κ2) is 6.06. The van der Waals surface area contributed by atoms with Gasteiger partial charge in [-0.15, -0.1) is 0 Å². The number of hydrazone groups is 1. The van der Waals surface area contributed by atoms with E-state index in [-0.39, 0.29) is 12.6 Å². The Balaban J connectivity index is 1.95. The molecule has 0 amide bonds. The predicted octanol–water partition coefficient (Wildman–Crippen LogP) is 2.06. The van der Waals surface area contributed by atoms with Gasteiger partial charge < -0.3 is 9.84 Å². The highest BCUT2D eigenvalue weighted by molar-refractivity contribution is 5.81. The molecule has 1 aromatic rings. The summed E-state index contributed by atoms with van der Waals surface area (Å²) >= 11 is 0. The molecule has 0 aliphatic carbocycles. The Hall–Kier alpha value is -2.72.